The summed E-state index contributed by atoms with van der Waals surface area (Å²) in [6.07, 6.45) is 1.86. The summed E-state index contributed by atoms with van der Waals surface area (Å²) < 4.78 is 1.10. The SMILES string of the molecule is CN1CCC(C(=O)c2cccc(NC(=S)Nc3ccccc3I)c2)CC1. The van der Waals surface area contributed by atoms with E-state index in [4.69, 9.17) is 12.2 Å². The van der Waals surface area contributed by atoms with Crippen LogP contribution in [-0.4, -0.2) is 35.9 Å². The van der Waals surface area contributed by atoms with Crippen molar-refractivity contribution in [1.82, 2.24) is 4.90 Å². The molecule has 1 aliphatic rings. The Morgan fingerprint density at radius 2 is 1.85 bits per heavy atom. The van der Waals surface area contributed by atoms with Gasteiger partial charge in [0.05, 0.1) is 5.69 Å². The number of Topliss-reactive ketones (excluding diaryl/α,β-unsaturated/α-hetero) is 1. The molecule has 2 N–H and O–H groups in total. The molecule has 0 radical (unpaired) electrons. The minimum atomic E-state index is 0.123. The molecule has 4 nitrogen and oxygen atoms in total. The first-order valence-corrected chi connectivity index (χ1v) is 10.2. The quantitative estimate of drug-likeness (QED) is 0.381. The van der Waals surface area contributed by atoms with E-state index in [1.807, 2.05) is 48.5 Å². The average Bonchev–Trinajstić information content (AvgIpc) is 2.64. The molecule has 0 amide bonds. The number of para-hydroxylation sites is 1. The van der Waals surface area contributed by atoms with Gasteiger partial charge in [-0.05, 0) is 92.1 Å². The lowest BCUT2D eigenvalue weighted by Gasteiger charge is -2.28. The Hall–Kier alpha value is -1.51. The van der Waals surface area contributed by atoms with Crippen molar-refractivity contribution in [3.05, 3.63) is 57.7 Å². The molecule has 0 atom stereocenters. The summed E-state index contributed by atoms with van der Waals surface area (Å²) in [5.74, 6) is 0.357. The Labute approximate surface area is 173 Å². The molecule has 0 aromatic heterocycles. The molecular weight excluding hydrogens is 457 g/mol. The first-order valence-electron chi connectivity index (χ1n) is 8.68. The molecule has 1 fully saturated rings. The summed E-state index contributed by atoms with van der Waals surface area (Å²) in [5.41, 5.74) is 2.54. The molecule has 0 unspecified atom stereocenters. The van der Waals surface area contributed by atoms with Crippen LogP contribution in [-0.2, 0) is 0 Å². The lowest BCUT2D eigenvalue weighted by molar-refractivity contribution is 0.0857. The average molecular weight is 479 g/mol. The van der Waals surface area contributed by atoms with Gasteiger partial charge in [-0.1, -0.05) is 24.3 Å². The number of hydrogen-bond acceptors (Lipinski definition) is 3. The first kappa shape index (κ1) is 19.3. The summed E-state index contributed by atoms with van der Waals surface area (Å²) in [6.45, 7) is 1.97. The highest BCUT2D eigenvalue weighted by molar-refractivity contribution is 14.1. The van der Waals surface area contributed by atoms with E-state index in [1.54, 1.807) is 0 Å². The van der Waals surface area contributed by atoms with Gasteiger partial charge in [0, 0.05) is 20.7 Å². The van der Waals surface area contributed by atoms with Crippen LogP contribution in [0.3, 0.4) is 0 Å². The number of anilines is 2. The van der Waals surface area contributed by atoms with Crippen LogP contribution in [0.1, 0.15) is 23.2 Å². The fourth-order valence-corrected chi connectivity index (χ4v) is 3.85. The van der Waals surface area contributed by atoms with Gasteiger partial charge in [-0.15, -0.1) is 0 Å². The van der Waals surface area contributed by atoms with Crippen LogP contribution in [0.25, 0.3) is 0 Å². The van der Waals surface area contributed by atoms with Crippen molar-refractivity contribution in [2.45, 2.75) is 12.8 Å². The van der Waals surface area contributed by atoms with E-state index in [2.05, 4.69) is 45.2 Å². The van der Waals surface area contributed by atoms with Gasteiger partial charge >= 0.3 is 0 Å². The van der Waals surface area contributed by atoms with E-state index in [1.165, 1.54) is 0 Å². The van der Waals surface area contributed by atoms with E-state index in [0.717, 1.165) is 46.4 Å². The summed E-state index contributed by atoms with van der Waals surface area (Å²) in [4.78, 5) is 15.1. The molecule has 0 saturated carbocycles. The van der Waals surface area contributed by atoms with Crippen LogP contribution in [0.5, 0.6) is 0 Å². The highest BCUT2D eigenvalue weighted by Crippen LogP contribution is 2.23. The second-order valence-corrected chi connectivity index (χ2v) is 8.15. The molecule has 2 aromatic carbocycles. The van der Waals surface area contributed by atoms with Gasteiger partial charge in [0.2, 0.25) is 0 Å². The Bertz CT molecular complexity index is 803. The maximum atomic E-state index is 12.8. The normalized spacial score (nSPS) is 15.5. The number of carbonyl (C=O) groups is 1. The molecule has 136 valence electrons. The molecule has 0 bridgehead atoms. The zero-order valence-corrected chi connectivity index (χ0v) is 17.6. The van der Waals surface area contributed by atoms with Gasteiger partial charge in [0.1, 0.15) is 0 Å². The minimum absolute atomic E-state index is 0.123. The Morgan fingerprint density at radius 1 is 1.12 bits per heavy atom. The molecule has 6 heteroatoms. The summed E-state index contributed by atoms with van der Waals surface area (Å²) in [6, 6.07) is 15.6. The predicted octanol–water partition coefficient (Wildman–Crippen LogP) is 4.62. The Balaban J connectivity index is 1.64. The Morgan fingerprint density at radius 3 is 2.58 bits per heavy atom. The van der Waals surface area contributed by atoms with Crippen molar-refractivity contribution in [2.24, 2.45) is 5.92 Å². The second-order valence-electron chi connectivity index (χ2n) is 6.58. The number of ketones is 1. The number of benzene rings is 2. The van der Waals surface area contributed by atoms with Crippen molar-refractivity contribution in [3.63, 3.8) is 0 Å². The van der Waals surface area contributed by atoms with Crippen molar-refractivity contribution < 1.29 is 4.79 Å². The highest BCUT2D eigenvalue weighted by atomic mass is 127. The molecule has 1 heterocycles. The number of nitrogens with zero attached hydrogens (tertiary/aromatic N) is 1. The lowest BCUT2D eigenvalue weighted by atomic mass is 9.89. The van der Waals surface area contributed by atoms with Crippen LogP contribution >= 0.6 is 34.8 Å². The van der Waals surface area contributed by atoms with Crippen LogP contribution in [0, 0.1) is 9.49 Å². The lowest BCUT2D eigenvalue weighted by Crippen LogP contribution is -2.33. The highest BCUT2D eigenvalue weighted by Gasteiger charge is 2.24. The van der Waals surface area contributed by atoms with E-state index in [-0.39, 0.29) is 11.7 Å². The number of likely N-dealkylation sites (tertiary alicyclic amines) is 1. The zero-order chi connectivity index (χ0) is 18.5. The fourth-order valence-electron chi connectivity index (χ4n) is 3.10. The van der Waals surface area contributed by atoms with Crippen LogP contribution in [0.2, 0.25) is 0 Å². The molecule has 3 rings (SSSR count). The predicted molar refractivity (Wildman–Crippen MR) is 120 cm³/mol. The van der Waals surface area contributed by atoms with Gasteiger partial charge in [-0.2, -0.15) is 0 Å². The van der Waals surface area contributed by atoms with Crippen molar-refractivity contribution in [2.75, 3.05) is 30.8 Å². The third kappa shape index (κ3) is 5.02. The molecule has 1 saturated heterocycles. The minimum Gasteiger partial charge on any atom is -0.332 e. The van der Waals surface area contributed by atoms with Crippen LogP contribution < -0.4 is 10.6 Å². The number of hydrogen-bond donors (Lipinski definition) is 2. The van der Waals surface area contributed by atoms with E-state index in [9.17, 15) is 4.79 Å². The molecular formula is C20H22IN3OS. The van der Waals surface area contributed by atoms with Crippen molar-refractivity contribution in [1.29, 1.82) is 0 Å². The van der Waals surface area contributed by atoms with Crippen LogP contribution in [0.15, 0.2) is 48.5 Å². The van der Waals surface area contributed by atoms with Gasteiger partial charge in [0.25, 0.3) is 0 Å². The first-order chi connectivity index (χ1) is 12.5. The van der Waals surface area contributed by atoms with Crippen molar-refractivity contribution in [3.8, 4) is 0 Å². The summed E-state index contributed by atoms with van der Waals surface area (Å²) in [7, 11) is 2.10. The Kier molecular flexibility index (Phi) is 6.61. The number of rotatable bonds is 4. The molecule has 0 aliphatic carbocycles. The number of halogens is 1. The number of carbonyl (C=O) groups excluding carboxylic acids is 1. The molecule has 0 spiro atoms. The number of thiocarbonyl (C=S) groups is 1. The van der Waals surface area contributed by atoms with E-state index < -0.39 is 0 Å². The van der Waals surface area contributed by atoms with E-state index in [0.29, 0.717) is 5.11 Å². The zero-order valence-electron chi connectivity index (χ0n) is 14.7. The van der Waals surface area contributed by atoms with Gasteiger partial charge in [0.15, 0.2) is 10.9 Å². The largest absolute Gasteiger partial charge is 0.332 e. The van der Waals surface area contributed by atoms with Crippen LogP contribution in [0.4, 0.5) is 11.4 Å². The number of piperidine rings is 1. The van der Waals surface area contributed by atoms with Gasteiger partial charge in [-0.25, -0.2) is 0 Å². The summed E-state index contributed by atoms with van der Waals surface area (Å²) in [5, 5.41) is 6.89. The maximum Gasteiger partial charge on any atom is 0.175 e. The molecule has 26 heavy (non-hydrogen) atoms. The molecule has 2 aromatic rings. The second kappa shape index (κ2) is 8.92. The van der Waals surface area contributed by atoms with E-state index >= 15 is 0 Å². The number of nitrogens with one attached hydrogen (secondary N) is 2. The van der Waals surface area contributed by atoms with Gasteiger partial charge in [-0.3, -0.25) is 4.79 Å². The molecule has 1 aliphatic heterocycles. The standard InChI is InChI=1S/C20H22IN3OS/c1-24-11-9-14(10-12-24)19(25)15-5-4-6-16(13-15)22-20(26)23-18-8-3-2-7-17(18)21/h2-8,13-14H,9-12H2,1H3,(H2,22,23,26). The maximum absolute atomic E-state index is 12.8. The van der Waals surface area contributed by atoms with Gasteiger partial charge < -0.3 is 15.5 Å². The smallest absolute Gasteiger partial charge is 0.175 e. The third-order valence-electron chi connectivity index (χ3n) is 4.62. The summed E-state index contributed by atoms with van der Waals surface area (Å²) >= 11 is 7.68. The third-order valence-corrected chi connectivity index (χ3v) is 5.76. The fraction of sp³-hybridized carbons (Fsp3) is 0.300. The monoisotopic (exact) mass is 479 g/mol. The van der Waals surface area contributed by atoms with Crippen molar-refractivity contribution >= 4 is 57.1 Å². The topological polar surface area (TPSA) is 44.4 Å².